The molecule has 0 atom stereocenters. The zero-order chi connectivity index (χ0) is 14.4. The number of nitrogens with one attached hydrogen (secondary N) is 2. The number of carboxylic acid groups (broad SMARTS) is 1. The molecule has 5 N–H and O–H groups in total. The van der Waals surface area contributed by atoms with Crippen LogP contribution in [-0.4, -0.2) is 29.6 Å². The number of hydrogen-bond donors (Lipinski definition) is 4. The van der Waals surface area contributed by atoms with Gasteiger partial charge in [0, 0.05) is 18.7 Å². The molecule has 7 heteroatoms. The molecule has 0 spiro atoms. The van der Waals surface area contributed by atoms with Gasteiger partial charge < -0.3 is 21.5 Å². The molecule has 1 rings (SSSR count). The Bertz CT molecular complexity index is 514. The largest absolute Gasteiger partial charge is 0.478 e. The van der Waals surface area contributed by atoms with Crippen LogP contribution in [0.15, 0.2) is 18.2 Å². The van der Waals surface area contributed by atoms with Crippen LogP contribution in [0.5, 0.6) is 0 Å². The molecule has 0 unspecified atom stereocenters. The topological polar surface area (TPSA) is 122 Å². The summed E-state index contributed by atoms with van der Waals surface area (Å²) in [5.74, 6) is -1.58. The zero-order valence-electron chi connectivity index (χ0n) is 10.4. The van der Waals surface area contributed by atoms with E-state index in [4.69, 9.17) is 10.8 Å². The number of urea groups is 1. The van der Waals surface area contributed by atoms with Gasteiger partial charge in [-0.3, -0.25) is 4.79 Å². The summed E-state index contributed by atoms with van der Waals surface area (Å²) in [4.78, 5) is 32.8. The molecule has 0 radical (unpaired) electrons. The average Bonchev–Trinajstić information content (AvgIpc) is 2.31. The van der Waals surface area contributed by atoms with Gasteiger partial charge in [0.15, 0.2) is 0 Å². The third-order valence-electron chi connectivity index (χ3n) is 2.39. The maximum atomic E-state index is 11.5. The number of hydrogen-bond acceptors (Lipinski definition) is 3. The molecule has 0 aliphatic carbocycles. The summed E-state index contributed by atoms with van der Waals surface area (Å²) < 4.78 is 0. The first-order valence-corrected chi connectivity index (χ1v) is 5.57. The first-order chi connectivity index (χ1) is 8.90. The van der Waals surface area contributed by atoms with E-state index in [2.05, 4.69) is 10.6 Å². The van der Waals surface area contributed by atoms with Crippen LogP contribution in [0, 0.1) is 6.92 Å². The monoisotopic (exact) mass is 265 g/mol. The number of carbonyl (C=O) groups excluding carboxylic acids is 2. The van der Waals surface area contributed by atoms with Crippen LogP contribution in [0.4, 0.5) is 10.5 Å². The van der Waals surface area contributed by atoms with Gasteiger partial charge in [0.2, 0.25) is 5.91 Å². The van der Waals surface area contributed by atoms with Crippen molar-refractivity contribution in [3.05, 3.63) is 29.3 Å². The normalized spacial score (nSPS) is 9.74. The molecule has 102 valence electrons. The van der Waals surface area contributed by atoms with Gasteiger partial charge in [0.25, 0.3) is 0 Å². The Morgan fingerprint density at radius 3 is 2.58 bits per heavy atom. The summed E-state index contributed by atoms with van der Waals surface area (Å²) in [5, 5.41) is 13.8. The number of nitrogens with two attached hydrogens (primary N) is 1. The maximum Gasteiger partial charge on any atom is 0.335 e. The van der Waals surface area contributed by atoms with Crippen molar-refractivity contribution in [1.82, 2.24) is 5.32 Å². The molecule has 0 aliphatic heterocycles. The highest BCUT2D eigenvalue weighted by molar-refractivity contribution is 5.94. The minimum absolute atomic E-state index is 0.0432. The smallest absolute Gasteiger partial charge is 0.335 e. The van der Waals surface area contributed by atoms with Gasteiger partial charge in [-0.25, -0.2) is 9.59 Å². The lowest BCUT2D eigenvalue weighted by molar-refractivity contribution is -0.117. The summed E-state index contributed by atoms with van der Waals surface area (Å²) in [6, 6.07) is 3.90. The number of aryl methyl sites for hydroxylation is 1. The third-order valence-corrected chi connectivity index (χ3v) is 2.39. The van der Waals surface area contributed by atoms with E-state index < -0.39 is 17.9 Å². The molecule has 0 heterocycles. The minimum Gasteiger partial charge on any atom is -0.478 e. The Morgan fingerprint density at radius 1 is 1.32 bits per heavy atom. The molecule has 0 bridgehead atoms. The van der Waals surface area contributed by atoms with Gasteiger partial charge in [-0.05, 0) is 24.6 Å². The first-order valence-electron chi connectivity index (χ1n) is 5.57. The lowest BCUT2D eigenvalue weighted by atomic mass is 10.1. The van der Waals surface area contributed by atoms with E-state index in [0.29, 0.717) is 5.69 Å². The van der Waals surface area contributed by atoms with E-state index >= 15 is 0 Å². The van der Waals surface area contributed by atoms with E-state index in [1.807, 2.05) is 0 Å². The molecule has 1 aromatic rings. The molecule has 7 nitrogen and oxygen atoms in total. The fourth-order valence-electron chi connectivity index (χ4n) is 1.36. The van der Waals surface area contributed by atoms with E-state index in [1.165, 1.54) is 12.1 Å². The predicted molar refractivity (Wildman–Crippen MR) is 69.0 cm³/mol. The molecule has 0 aromatic heterocycles. The number of rotatable bonds is 5. The number of aromatic carboxylic acids is 1. The fourth-order valence-corrected chi connectivity index (χ4v) is 1.36. The Morgan fingerprint density at radius 2 is 2.00 bits per heavy atom. The number of carboxylic acids is 1. The average molecular weight is 265 g/mol. The molecule has 0 saturated carbocycles. The van der Waals surface area contributed by atoms with Crippen LogP contribution in [0.3, 0.4) is 0 Å². The van der Waals surface area contributed by atoms with Crippen LogP contribution < -0.4 is 16.4 Å². The second kappa shape index (κ2) is 6.39. The highest BCUT2D eigenvalue weighted by Gasteiger charge is 2.08. The van der Waals surface area contributed by atoms with E-state index in [0.717, 1.165) is 5.56 Å². The number of primary amides is 1. The molecule has 1 aromatic carbocycles. The minimum atomic E-state index is -1.07. The molecule has 0 saturated heterocycles. The number of amides is 3. The quantitative estimate of drug-likeness (QED) is 0.625. The lowest BCUT2D eigenvalue weighted by Gasteiger charge is -2.10. The number of benzene rings is 1. The van der Waals surface area contributed by atoms with Crippen molar-refractivity contribution >= 4 is 23.6 Å². The maximum absolute atomic E-state index is 11.5. The van der Waals surface area contributed by atoms with Crippen molar-refractivity contribution in [3.63, 3.8) is 0 Å². The standard InChI is InChI=1S/C12H15N3O4/c1-7-2-3-8(11(17)18)6-9(7)15-12(19)14-5-4-10(13)16/h2-3,6H,4-5H2,1H3,(H2,13,16)(H,17,18)(H2,14,15,19). The lowest BCUT2D eigenvalue weighted by Crippen LogP contribution is -2.32. The summed E-state index contributed by atoms with van der Waals surface area (Å²) in [6.45, 7) is 1.86. The van der Waals surface area contributed by atoms with Gasteiger partial charge in [-0.1, -0.05) is 6.07 Å². The van der Waals surface area contributed by atoms with Crippen molar-refractivity contribution in [1.29, 1.82) is 0 Å². The SMILES string of the molecule is Cc1ccc(C(=O)O)cc1NC(=O)NCCC(N)=O. The van der Waals surface area contributed by atoms with Crippen molar-refractivity contribution in [3.8, 4) is 0 Å². The van der Waals surface area contributed by atoms with Gasteiger partial charge in [-0.2, -0.15) is 0 Å². The summed E-state index contributed by atoms with van der Waals surface area (Å²) in [7, 11) is 0. The second-order valence-electron chi connectivity index (χ2n) is 3.93. The highest BCUT2D eigenvalue weighted by atomic mass is 16.4. The molecule has 3 amide bonds. The van der Waals surface area contributed by atoms with Gasteiger partial charge >= 0.3 is 12.0 Å². The van der Waals surface area contributed by atoms with Crippen LogP contribution in [0.2, 0.25) is 0 Å². The van der Waals surface area contributed by atoms with Crippen molar-refractivity contribution < 1.29 is 19.5 Å². The molecule has 0 fully saturated rings. The van der Waals surface area contributed by atoms with E-state index in [9.17, 15) is 14.4 Å². The highest BCUT2D eigenvalue weighted by Crippen LogP contribution is 2.16. The zero-order valence-corrected chi connectivity index (χ0v) is 10.4. The molecule has 0 aliphatic rings. The van der Waals surface area contributed by atoms with Gasteiger partial charge in [-0.15, -0.1) is 0 Å². The van der Waals surface area contributed by atoms with E-state index in [1.54, 1.807) is 13.0 Å². The van der Waals surface area contributed by atoms with Crippen molar-refractivity contribution in [2.45, 2.75) is 13.3 Å². The summed E-state index contributed by atoms with van der Waals surface area (Å²) in [6.07, 6.45) is 0.0432. The number of carbonyl (C=O) groups is 3. The van der Waals surface area contributed by atoms with Crippen LogP contribution in [0.25, 0.3) is 0 Å². The number of anilines is 1. The van der Waals surface area contributed by atoms with Crippen LogP contribution in [0.1, 0.15) is 22.3 Å². The van der Waals surface area contributed by atoms with Crippen LogP contribution in [-0.2, 0) is 4.79 Å². The van der Waals surface area contributed by atoms with Crippen LogP contribution >= 0.6 is 0 Å². The third kappa shape index (κ3) is 4.66. The van der Waals surface area contributed by atoms with Crippen molar-refractivity contribution in [2.75, 3.05) is 11.9 Å². The molecular weight excluding hydrogens is 250 g/mol. The van der Waals surface area contributed by atoms with Gasteiger partial charge in [0.05, 0.1) is 5.56 Å². The summed E-state index contributed by atoms with van der Waals surface area (Å²) >= 11 is 0. The Labute approximate surface area is 109 Å². The van der Waals surface area contributed by atoms with Crippen molar-refractivity contribution in [2.24, 2.45) is 5.73 Å². The predicted octanol–water partition coefficient (Wildman–Crippen LogP) is 0.690. The van der Waals surface area contributed by atoms with Gasteiger partial charge in [0.1, 0.15) is 0 Å². The fraction of sp³-hybridized carbons (Fsp3) is 0.250. The van der Waals surface area contributed by atoms with E-state index in [-0.39, 0.29) is 18.5 Å². The first kappa shape index (κ1) is 14.5. The Balaban J connectivity index is 2.65. The second-order valence-corrected chi connectivity index (χ2v) is 3.93. The Hall–Kier alpha value is -2.57. The summed E-state index contributed by atoms with van der Waals surface area (Å²) in [5.41, 5.74) is 6.15. The molecular formula is C12H15N3O4. The molecule has 19 heavy (non-hydrogen) atoms. The Kier molecular flexibility index (Phi) is 4.87.